The van der Waals surface area contributed by atoms with Crippen molar-refractivity contribution in [3.05, 3.63) is 89.5 Å². The number of amides is 1. The van der Waals surface area contributed by atoms with E-state index >= 15 is 0 Å². The molecule has 0 unspecified atom stereocenters. The van der Waals surface area contributed by atoms with Gasteiger partial charge in [0.1, 0.15) is 0 Å². The van der Waals surface area contributed by atoms with Crippen LogP contribution in [0.2, 0.25) is 0 Å². The second kappa shape index (κ2) is 7.53. The lowest BCUT2D eigenvalue weighted by atomic mass is 10.1. The summed E-state index contributed by atoms with van der Waals surface area (Å²) in [6.07, 6.45) is 0. The Morgan fingerprint density at radius 2 is 1.72 bits per heavy atom. The molecule has 4 N–H and O–H groups in total. The van der Waals surface area contributed by atoms with Gasteiger partial charge in [-0.15, -0.1) is 0 Å². The normalized spacial score (nSPS) is 10.3. The van der Waals surface area contributed by atoms with Gasteiger partial charge in [0.25, 0.3) is 5.91 Å². The summed E-state index contributed by atoms with van der Waals surface area (Å²) in [6, 6.07) is 23.0. The number of hydrogen-bond donors (Lipinski definition) is 3. The molecule has 126 valence electrons. The maximum atomic E-state index is 12.3. The molecule has 0 aliphatic rings. The lowest BCUT2D eigenvalue weighted by Gasteiger charge is -2.10. The maximum Gasteiger partial charge on any atom is 0.255 e. The molecule has 25 heavy (non-hydrogen) atoms. The highest BCUT2D eigenvalue weighted by atomic mass is 16.1. The van der Waals surface area contributed by atoms with Crippen molar-refractivity contribution >= 4 is 23.0 Å². The first kappa shape index (κ1) is 16.6. The lowest BCUT2D eigenvalue weighted by Crippen LogP contribution is -2.13. The van der Waals surface area contributed by atoms with E-state index in [2.05, 4.69) is 29.7 Å². The number of hydrogen-bond acceptors (Lipinski definition) is 3. The number of nitrogen functional groups attached to an aromatic ring is 1. The van der Waals surface area contributed by atoms with Crippen LogP contribution in [0.3, 0.4) is 0 Å². The Hall–Kier alpha value is -3.27. The number of carbonyl (C=O) groups is 1. The molecule has 0 aliphatic heterocycles. The Labute approximate surface area is 147 Å². The molecule has 4 heteroatoms. The zero-order valence-electron chi connectivity index (χ0n) is 14.1. The van der Waals surface area contributed by atoms with E-state index in [0.29, 0.717) is 23.5 Å². The molecule has 0 aromatic heterocycles. The fourth-order valence-corrected chi connectivity index (χ4v) is 2.54. The molecule has 0 fully saturated rings. The number of nitrogens with one attached hydrogen (secondary N) is 2. The molecule has 0 saturated heterocycles. The molecule has 0 atom stereocenters. The van der Waals surface area contributed by atoms with E-state index in [1.54, 1.807) is 12.1 Å². The summed E-state index contributed by atoms with van der Waals surface area (Å²) in [4.78, 5) is 12.3. The van der Waals surface area contributed by atoms with Crippen molar-refractivity contribution in [1.29, 1.82) is 0 Å². The Bertz CT molecular complexity index is 872. The summed E-state index contributed by atoms with van der Waals surface area (Å²) in [6.45, 7) is 2.77. The Balaban J connectivity index is 1.61. The van der Waals surface area contributed by atoms with Crippen LogP contribution in [0.4, 0.5) is 17.1 Å². The van der Waals surface area contributed by atoms with Crippen LogP contribution in [0.15, 0.2) is 72.8 Å². The molecule has 3 aromatic rings. The van der Waals surface area contributed by atoms with Crippen LogP contribution in [0.25, 0.3) is 0 Å². The van der Waals surface area contributed by atoms with E-state index in [1.807, 2.05) is 48.5 Å². The quantitative estimate of drug-likeness (QED) is 0.605. The third kappa shape index (κ3) is 4.38. The number of nitrogens with two attached hydrogens (primary N) is 1. The zero-order valence-corrected chi connectivity index (χ0v) is 14.1. The van der Waals surface area contributed by atoms with Crippen LogP contribution in [-0.2, 0) is 6.54 Å². The van der Waals surface area contributed by atoms with Crippen LogP contribution in [-0.4, -0.2) is 5.91 Å². The van der Waals surface area contributed by atoms with Gasteiger partial charge in [-0.2, -0.15) is 0 Å². The average Bonchev–Trinajstić information content (AvgIpc) is 2.62. The van der Waals surface area contributed by atoms with E-state index in [9.17, 15) is 4.79 Å². The van der Waals surface area contributed by atoms with Crippen molar-refractivity contribution < 1.29 is 4.79 Å². The minimum atomic E-state index is -0.170. The molecule has 0 aliphatic carbocycles. The molecule has 0 saturated carbocycles. The van der Waals surface area contributed by atoms with Crippen LogP contribution in [0, 0.1) is 6.92 Å². The van der Waals surface area contributed by atoms with Crippen LogP contribution < -0.4 is 16.4 Å². The topological polar surface area (TPSA) is 67.2 Å². The molecule has 0 spiro atoms. The summed E-state index contributed by atoms with van der Waals surface area (Å²) in [5.74, 6) is -0.170. The summed E-state index contributed by atoms with van der Waals surface area (Å²) >= 11 is 0. The first-order valence-corrected chi connectivity index (χ1v) is 8.17. The first-order valence-electron chi connectivity index (χ1n) is 8.17. The molecule has 0 bridgehead atoms. The average molecular weight is 331 g/mol. The number of aryl methyl sites for hydroxylation is 1. The SMILES string of the molecule is Cc1cccc(NCc2ccc(C(=O)Nc3ccccc3N)cc2)c1. The number of para-hydroxylation sites is 2. The fourth-order valence-electron chi connectivity index (χ4n) is 2.54. The van der Waals surface area contributed by atoms with Crippen LogP contribution >= 0.6 is 0 Å². The van der Waals surface area contributed by atoms with E-state index in [-0.39, 0.29) is 5.91 Å². The zero-order chi connectivity index (χ0) is 17.6. The third-order valence-corrected chi connectivity index (χ3v) is 3.94. The second-order valence-corrected chi connectivity index (χ2v) is 5.96. The van der Waals surface area contributed by atoms with Crippen molar-refractivity contribution in [3.63, 3.8) is 0 Å². The van der Waals surface area contributed by atoms with Crippen molar-refractivity contribution in [2.45, 2.75) is 13.5 Å². The fraction of sp³-hybridized carbons (Fsp3) is 0.0952. The van der Waals surface area contributed by atoms with Gasteiger partial charge in [0, 0.05) is 17.8 Å². The highest BCUT2D eigenvalue weighted by molar-refractivity contribution is 6.05. The van der Waals surface area contributed by atoms with E-state index in [4.69, 9.17) is 5.73 Å². The minimum absolute atomic E-state index is 0.170. The molecule has 4 nitrogen and oxygen atoms in total. The van der Waals surface area contributed by atoms with Gasteiger partial charge in [-0.3, -0.25) is 4.79 Å². The summed E-state index contributed by atoms with van der Waals surface area (Å²) in [7, 11) is 0. The summed E-state index contributed by atoms with van der Waals surface area (Å²) in [5, 5.41) is 6.21. The van der Waals surface area contributed by atoms with Crippen molar-refractivity contribution in [2.24, 2.45) is 0 Å². The lowest BCUT2D eigenvalue weighted by molar-refractivity contribution is 0.102. The van der Waals surface area contributed by atoms with Crippen molar-refractivity contribution in [3.8, 4) is 0 Å². The molecule has 0 radical (unpaired) electrons. The van der Waals surface area contributed by atoms with Crippen molar-refractivity contribution in [1.82, 2.24) is 0 Å². The Kier molecular flexibility index (Phi) is 5.00. The molecule has 0 heterocycles. The predicted molar refractivity (Wildman–Crippen MR) is 104 cm³/mol. The predicted octanol–water partition coefficient (Wildman–Crippen LogP) is 4.44. The van der Waals surface area contributed by atoms with Gasteiger partial charge in [0.05, 0.1) is 11.4 Å². The highest BCUT2D eigenvalue weighted by Crippen LogP contribution is 2.18. The highest BCUT2D eigenvalue weighted by Gasteiger charge is 2.07. The van der Waals surface area contributed by atoms with Gasteiger partial charge in [0.2, 0.25) is 0 Å². The maximum absolute atomic E-state index is 12.3. The largest absolute Gasteiger partial charge is 0.397 e. The summed E-state index contributed by atoms with van der Waals surface area (Å²) < 4.78 is 0. The Morgan fingerprint density at radius 3 is 2.44 bits per heavy atom. The standard InChI is InChI=1S/C21H21N3O/c1-15-5-4-6-18(13-15)23-14-16-9-11-17(12-10-16)21(25)24-20-8-3-2-7-19(20)22/h2-13,23H,14,22H2,1H3,(H,24,25). The smallest absolute Gasteiger partial charge is 0.255 e. The van der Waals surface area contributed by atoms with Gasteiger partial charge in [-0.1, -0.05) is 36.4 Å². The van der Waals surface area contributed by atoms with Gasteiger partial charge in [-0.25, -0.2) is 0 Å². The second-order valence-electron chi connectivity index (χ2n) is 5.96. The molecular weight excluding hydrogens is 310 g/mol. The summed E-state index contributed by atoms with van der Waals surface area (Å²) in [5.41, 5.74) is 11.0. The molecule has 3 rings (SSSR count). The van der Waals surface area contributed by atoms with Gasteiger partial charge in [0.15, 0.2) is 0 Å². The van der Waals surface area contributed by atoms with Crippen molar-refractivity contribution in [2.75, 3.05) is 16.4 Å². The van der Waals surface area contributed by atoms with Gasteiger partial charge >= 0.3 is 0 Å². The van der Waals surface area contributed by atoms with E-state index < -0.39 is 0 Å². The van der Waals surface area contributed by atoms with Crippen LogP contribution in [0.5, 0.6) is 0 Å². The van der Waals surface area contributed by atoms with E-state index in [0.717, 1.165) is 11.3 Å². The molecule has 3 aromatic carbocycles. The molecule has 1 amide bonds. The van der Waals surface area contributed by atoms with Crippen LogP contribution in [0.1, 0.15) is 21.5 Å². The number of rotatable bonds is 5. The van der Waals surface area contributed by atoms with E-state index in [1.165, 1.54) is 5.56 Å². The van der Waals surface area contributed by atoms with Gasteiger partial charge in [-0.05, 0) is 54.4 Å². The molecular formula is C21H21N3O. The number of anilines is 3. The Morgan fingerprint density at radius 1 is 0.960 bits per heavy atom. The third-order valence-electron chi connectivity index (χ3n) is 3.94. The van der Waals surface area contributed by atoms with Gasteiger partial charge < -0.3 is 16.4 Å². The minimum Gasteiger partial charge on any atom is -0.397 e. The first-order chi connectivity index (χ1) is 12.1. The number of carbonyl (C=O) groups excluding carboxylic acids is 1. The monoisotopic (exact) mass is 331 g/mol. The number of benzene rings is 3.